The summed E-state index contributed by atoms with van der Waals surface area (Å²) in [6.07, 6.45) is 0.145. The third-order valence-electron chi connectivity index (χ3n) is 2.70. The van der Waals surface area contributed by atoms with Crippen LogP contribution in [0.4, 0.5) is 0 Å². The van der Waals surface area contributed by atoms with Gasteiger partial charge in [-0.2, -0.15) is 0 Å². The quantitative estimate of drug-likeness (QED) is 0.482. The lowest BCUT2D eigenvalue weighted by Crippen LogP contribution is -2.48. The molecule has 1 heterocycles. The number of rotatable bonds is 5. The van der Waals surface area contributed by atoms with Crippen LogP contribution in [0.2, 0.25) is 0 Å². The molecule has 0 aliphatic carbocycles. The van der Waals surface area contributed by atoms with E-state index in [4.69, 9.17) is 5.11 Å². The third kappa shape index (κ3) is 3.79. The van der Waals surface area contributed by atoms with E-state index in [0.717, 1.165) is 19.5 Å². The molecule has 0 aromatic rings. The molecule has 1 aliphatic heterocycles. The smallest absolute Gasteiger partial charge is 0.328 e. The van der Waals surface area contributed by atoms with Gasteiger partial charge in [0.05, 0.1) is 6.10 Å². The summed E-state index contributed by atoms with van der Waals surface area (Å²) in [7, 11) is 0. The largest absolute Gasteiger partial charge is 0.480 e. The molecule has 0 saturated carbocycles. The topological polar surface area (TPSA) is 98.7 Å². The maximum Gasteiger partial charge on any atom is 0.328 e. The van der Waals surface area contributed by atoms with Crippen molar-refractivity contribution in [2.75, 3.05) is 13.1 Å². The highest BCUT2D eigenvalue weighted by molar-refractivity contribution is 5.84. The number of hydrogen-bond acceptors (Lipinski definition) is 4. The SMILES string of the molecule is C[C@@H](O)[C@H](NC(=O)CC1CCNC1)C(=O)O. The minimum absolute atomic E-state index is 0.267. The fourth-order valence-corrected chi connectivity index (χ4v) is 1.77. The highest BCUT2D eigenvalue weighted by Gasteiger charge is 2.26. The second kappa shape index (κ2) is 5.81. The fourth-order valence-electron chi connectivity index (χ4n) is 1.77. The van der Waals surface area contributed by atoms with Crippen molar-refractivity contribution < 1.29 is 19.8 Å². The first-order valence-electron chi connectivity index (χ1n) is 5.41. The molecule has 0 aromatic heterocycles. The van der Waals surface area contributed by atoms with E-state index in [1.54, 1.807) is 0 Å². The molecule has 16 heavy (non-hydrogen) atoms. The molecule has 0 radical (unpaired) electrons. The van der Waals surface area contributed by atoms with Crippen LogP contribution in [-0.4, -0.2) is 47.3 Å². The van der Waals surface area contributed by atoms with Gasteiger partial charge in [-0.05, 0) is 32.4 Å². The first kappa shape index (κ1) is 12.9. The predicted octanol–water partition coefficient (Wildman–Crippen LogP) is -1.06. The minimum Gasteiger partial charge on any atom is -0.480 e. The van der Waals surface area contributed by atoms with Gasteiger partial charge < -0.3 is 20.8 Å². The molecular weight excluding hydrogens is 212 g/mol. The molecule has 6 nitrogen and oxygen atoms in total. The molecule has 92 valence electrons. The van der Waals surface area contributed by atoms with Gasteiger partial charge in [-0.1, -0.05) is 0 Å². The molecule has 1 amide bonds. The zero-order valence-corrected chi connectivity index (χ0v) is 9.27. The van der Waals surface area contributed by atoms with Crippen molar-refractivity contribution in [1.29, 1.82) is 0 Å². The van der Waals surface area contributed by atoms with Crippen molar-refractivity contribution in [1.82, 2.24) is 10.6 Å². The van der Waals surface area contributed by atoms with Gasteiger partial charge >= 0.3 is 5.97 Å². The summed E-state index contributed by atoms with van der Waals surface area (Å²) in [5.74, 6) is -1.27. The number of aliphatic carboxylic acids is 1. The molecule has 1 fully saturated rings. The molecule has 6 heteroatoms. The Kier molecular flexibility index (Phi) is 4.70. The predicted molar refractivity (Wildman–Crippen MR) is 56.8 cm³/mol. The molecule has 1 unspecified atom stereocenters. The average molecular weight is 230 g/mol. The Bertz CT molecular complexity index is 262. The summed E-state index contributed by atoms with van der Waals surface area (Å²) < 4.78 is 0. The van der Waals surface area contributed by atoms with Crippen molar-refractivity contribution in [3.63, 3.8) is 0 Å². The summed E-state index contributed by atoms with van der Waals surface area (Å²) in [6.45, 7) is 3.03. The molecule has 1 aliphatic rings. The van der Waals surface area contributed by atoms with E-state index in [1.807, 2.05) is 0 Å². The zero-order chi connectivity index (χ0) is 12.1. The van der Waals surface area contributed by atoms with E-state index in [0.29, 0.717) is 6.42 Å². The second-order valence-corrected chi connectivity index (χ2v) is 4.19. The first-order valence-corrected chi connectivity index (χ1v) is 5.41. The lowest BCUT2D eigenvalue weighted by atomic mass is 10.0. The van der Waals surface area contributed by atoms with Gasteiger partial charge in [0.2, 0.25) is 5.91 Å². The van der Waals surface area contributed by atoms with Gasteiger partial charge in [0, 0.05) is 6.42 Å². The Morgan fingerprint density at radius 2 is 2.25 bits per heavy atom. The van der Waals surface area contributed by atoms with Gasteiger partial charge in [0.25, 0.3) is 0 Å². The normalized spacial score (nSPS) is 23.8. The lowest BCUT2D eigenvalue weighted by Gasteiger charge is -2.18. The maximum atomic E-state index is 11.5. The van der Waals surface area contributed by atoms with Crippen LogP contribution >= 0.6 is 0 Å². The number of hydrogen-bond donors (Lipinski definition) is 4. The van der Waals surface area contributed by atoms with E-state index < -0.39 is 18.1 Å². The van der Waals surface area contributed by atoms with Gasteiger partial charge in [0.1, 0.15) is 0 Å². The Labute approximate surface area is 94.0 Å². The monoisotopic (exact) mass is 230 g/mol. The minimum atomic E-state index is -1.22. The lowest BCUT2D eigenvalue weighted by molar-refractivity contribution is -0.144. The molecule has 3 atom stereocenters. The number of carboxylic acid groups (broad SMARTS) is 1. The van der Waals surface area contributed by atoms with Crippen LogP contribution in [-0.2, 0) is 9.59 Å². The molecular formula is C10H18N2O4. The number of nitrogens with one attached hydrogen (secondary N) is 2. The van der Waals surface area contributed by atoms with Crippen LogP contribution in [0.5, 0.6) is 0 Å². The van der Waals surface area contributed by atoms with Crippen LogP contribution in [0.1, 0.15) is 19.8 Å². The standard InChI is InChI=1S/C10H18N2O4/c1-6(13)9(10(15)16)12-8(14)4-7-2-3-11-5-7/h6-7,9,11,13H,2-5H2,1H3,(H,12,14)(H,15,16)/t6-,7?,9+/m1/s1. The number of aliphatic hydroxyl groups excluding tert-OH is 1. The van der Waals surface area contributed by atoms with Crippen molar-refractivity contribution in [3.8, 4) is 0 Å². The molecule has 1 rings (SSSR count). The van der Waals surface area contributed by atoms with Crippen LogP contribution in [0, 0.1) is 5.92 Å². The van der Waals surface area contributed by atoms with Gasteiger partial charge in [-0.25, -0.2) is 4.79 Å². The Morgan fingerprint density at radius 3 is 2.69 bits per heavy atom. The van der Waals surface area contributed by atoms with Crippen molar-refractivity contribution >= 4 is 11.9 Å². The molecule has 1 saturated heterocycles. The van der Waals surface area contributed by atoms with Crippen LogP contribution in [0.25, 0.3) is 0 Å². The van der Waals surface area contributed by atoms with E-state index in [2.05, 4.69) is 10.6 Å². The van der Waals surface area contributed by atoms with Crippen LogP contribution in [0.3, 0.4) is 0 Å². The maximum absolute atomic E-state index is 11.5. The summed E-state index contributed by atoms with van der Waals surface area (Å²) >= 11 is 0. The average Bonchev–Trinajstić information content (AvgIpc) is 2.65. The van der Waals surface area contributed by atoms with Crippen molar-refractivity contribution in [2.24, 2.45) is 5.92 Å². The van der Waals surface area contributed by atoms with Crippen molar-refractivity contribution in [2.45, 2.75) is 31.9 Å². The number of carboxylic acids is 1. The van der Waals surface area contributed by atoms with Crippen molar-refractivity contribution in [3.05, 3.63) is 0 Å². The van der Waals surface area contributed by atoms with Crippen LogP contribution in [0.15, 0.2) is 0 Å². The zero-order valence-electron chi connectivity index (χ0n) is 9.27. The molecule has 0 bridgehead atoms. The fraction of sp³-hybridized carbons (Fsp3) is 0.800. The first-order chi connectivity index (χ1) is 7.50. The van der Waals surface area contributed by atoms with Gasteiger partial charge in [-0.3, -0.25) is 4.79 Å². The highest BCUT2D eigenvalue weighted by atomic mass is 16.4. The second-order valence-electron chi connectivity index (χ2n) is 4.19. The van der Waals surface area contributed by atoms with Gasteiger partial charge in [0.15, 0.2) is 6.04 Å². The van der Waals surface area contributed by atoms with Crippen LogP contribution < -0.4 is 10.6 Å². The Hall–Kier alpha value is -1.14. The van der Waals surface area contributed by atoms with Gasteiger partial charge in [-0.15, -0.1) is 0 Å². The van der Waals surface area contributed by atoms with E-state index >= 15 is 0 Å². The Balaban J connectivity index is 2.38. The summed E-state index contributed by atoms with van der Waals surface area (Å²) in [5.41, 5.74) is 0. The number of carbonyl (C=O) groups excluding carboxylic acids is 1. The summed E-state index contributed by atoms with van der Waals surface area (Å²) in [4.78, 5) is 22.2. The summed E-state index contributed by atoms with van der Waals surface area (Å²) in [6, 6.07) is -1.22. The number of carbonyl (C=O) groups is 2. The van der Waals surface area contributed by atoms with E-state index in [1.165, 1.54) is 6.92 Å². The molecule has 0 aromatic carbocycles. The Morgan fingerprint density at radius 1 is 1.56 bits per heavy atom. The van der Waals surface area contributed by atoms with E-state index in [-0.39, 0.29) is 11.8 Å². The third-order valence-corrected chi connectivity index (χ3v) is 2.70. The molecule has 0 spiro atoms. The number of aliphatic hydroxyl groups is 1. The summed E-state index contributed by atoms with van der Waals surface area (Å²) in [5, 5.41) is 23.4. The number of amides is 1. The van der Waals surface area contributed by atoms with E-state index in [9.17, 15) is 14.7 Å². The molecule has 4 N–H and O–H groups in total. The highest BCUT2D eigenvalue weighted by Crippen LogP contribution is 2.11.